The van der Waals surface area contributed by atoms with Crippen molar-refractivity contribution in [2.75, 3.05) is 18.1 Å². The van der Waals surface area contributed by atoms with Crippen LogP contribution in [0.25, 0.3) is 0 Å². The van der Waals surface area contributed by atoms with Crippen molar-refractivity contribution in [3.63, 3.8) is 0 Å². The molecule has 6 heteroatoms. The van der Waals surface area contributed by atoms with Gasteiger partial charge in [-0.25, -0.2) is 0 Å². The molecule has 5 nitrogen and oxygen atoms in total. The smallest absolute Gasteiger partial charge is 0.184 e. The van der Waals surface area contributed by atoms with E-state index in [0.717, 1.165) is 22.7 Å². The minimum Gasteiger partial charge on any atom is -0.356 e. The maximum absolute atomic E-state index is 11.6. The number of rotatable bonds is 7. The minimum absolute atomic E-state index is 0.0112. The molecule has 2 aliphatic rings. The fourth-order valence-corrected chi connectivity index (χ4v) is 4.81. The molecule has 6 atom stereocenters. The van der Waals surface area contributed by atoms with E-state index in [4.69, 9.17) is 18.9 Å². The van der Waals surface area contributed by atoms with Gasteiger partial charge in [-0.15, -0.1) is 6.58 Å². The zero-order valence-electron chi connectivity index (χ0n) is 14.9. The third kappa shape index (κ3) is 3.62. The molecule has 2 heterocycles. The lowest BCUT2D eigenvalue weighted by molar-refractivity contribution is -0.356. The van der Waals surface area contributed by atoms with Crippen LogP contribution in [0.15, 0.2) is 43.0 Å². The number of carbonyl (C=O) groups is 1. The van der Waals surface area contributed by atoms with E-state index < -0.39 is 18.0 Å². The van der Waals surface area contributed by atoms with Crippen LogP contribution >= 0.6 is 22.6 Å². The summed E-state index contributed by atoms with van der Waals surface area (Å²) in [5, 5.41) is 0. The monoisotopic (exact) mass is 472 g/mol. The van der Waals surface area contributed by atoms with E-state index in [9.17, 15) is 4.79 Å². The van der Waals surface area contributed by atoms with Gasteiger partial charge in [0.1, 0.15) is 12.4 Å². The van der Waals surface area contributed by atoms with Crippen molar-refractivity contribution >= 4 is 28.9 Å². The van der Waals surface area contributed by atoms with Crippen LogP contribution in [0.1, 0.15) is 24.7 Å². The van der Waals surface area contributed by atoms with Crippen molar-refractivity contribution < 1.29 is 23.7 Å². The molecule has 0 aromatic heterocycles. The molecule has 0 radical (unpaired) electrons. The SMILES string of the molecule is C=C[C@]1(CC=O)C2O[C@H](c3ccccc3)OC[C@H]2O[C@H](OC)[C@@H]1CCI. The molecule has 1 aromatic carbocycles. The number of benzene rings is 1. The molecule has 0 N–H and O–H groups in total. The summed E-state index contributed by atoms with van der Waals surface area (Å²) in [7, 11) is 1.64. The van der Waals surface area contributed by atoms with Crippen LogP contribution in [0.3, 0.4) is 0 Å². The second-order valence-electron chi connectivity index (χ2n) is 6.68. The largest absolute Gasteiger partial charge is 0.356 e. The molecule has 1 aromatic rings. The summed E-state index contributed by atoms with van der Waals surface area (Å²) in [6.45, 7) is 4.46. The number of alkyl halides is 1. The Labute approximate surface area is 168 Å². The number of aldehydes is 1. The van der Waals surface area contributed by atoms with Crippen molar-refractivity contribution in [3.8, 4) is 0 Å². The van der Waals surface area contributed by atoms with Crippen LogP contribution in [-0.4, -0.2) is 42.9 Å². The molecule has 142 valence electrons. The molecule has 2 aliphatic heterocycles. The van der Waals surface area contributed by atoms with E-state index in [1.54, 1.807) is 7.11 Å². The Kier molecular flexibility index (Phi) is 6.85. The van der Waals surface area contributed by atoms with Gasteiger partial charge in [0.15, 0.2) is 12.6 Å². The Morgan fingerprint density at radius 1 is 1.35 bits per heavy atom. The van der Waals surface area contributed by atoms with Crippen molar-refractivity contribution in [1.82, 2.24) is 0 Å². The van der Waals surface area contributed by atoms with E-state index in [1.165, 1.54) is 0 Å². The second kappa shape index (κ2) is 8.93. The van der Waals surface area contributed by atoms with E-state index in [0.29, 0.717) is 13.0 Å². The van der Waals surface area contributed by atoms with Gasteiger partial charge in [0.2, 0.25) is 0 Å². The van der Waals surface area contributed by atoms with Crippen LogP contribution in [0.4, 0.5) is 0 Å². The fourth-order valence-electron chi connectivity index (χ4n) is 4.13. The van der Waals surface area contributed by atoms with Crippen LogP contribution in [-0.2, 0) is 23.7 Å². The lowest BCUT2D eigenvalue weighted by Gasteiger charge is -2.55. The number of hydrogen-bond donors (Lipinski definition) is 0. The van der Waals surface area contributed by atoms with Crippen LogP contribution in [0, 0.1) is 11.3 Å². The summed E-state index contributed by atoms with van der Waals surface area (Å²) in [4.78, 5) is 11.6. The Hall–Kier alpha value is -0.800. The first kappa shape index (κ1) is 19.9. The quantitative estimate of drug-likeness (QED) is 0.263. The van der Waals surface area contributed by atoms with Gasteiger partial charge in [-0.1, -0.05) is 59.0 Å². The summed E-state index contributed by atoms with van der Waals surface area (Å²) in [5.74, 6) is -0.0112. The van der Waals surface area contributed by atoms with Crippen molar-refractivity contribution in [2.45, 2.75) is 37.6 Å². The standard InChI is InChI=1S/C20H25IO5/c1-3-20(10-12-22)15(9-11-21)19(23-2)25-16-13-24-18(26-17(16)20)14-7-5-4-6-8-14/h3-8,12,15-19H,1,9-11,13H2,2H3/t15-,16+,17?,18+,19-,20+/m0/s1. The highest BCUT2D eigenvalue weighted by Crippen LogP contribution is 2.51. The molecule has 0 spiro atoms. The van der Waals surface area contributed by atoms with Gasteiger partial charge >= 0.3 is 0 Å². The molecule has 0 bridgehead atoms. The van der Waals surface area contributed by atoms with Gasteiger partial charge < -0.3 is 23.7 Å². The number of ether oxygens (including phenoxy) is 4. The molecule has 1 unspecified atom stereocenters. The molecule has 2 fully saturated rings. The molecule has 26 heavy (non-hydrogen) atoms. The molecule has 2 saturated heterocycles. The van der Waals surface area contributed by atoms with Crippen LogP contribution in [0.2, 0.25) is 0 Å². The van der Waals surface area contributed by atoms with Gasteiger partial charge in [0.25, 0.3) is 0 Å². The number of hydrogen-bond acceptors (Lipinski definition) is 5. The maximum Gasteiger partial charge on any atom is 0.184 e. The molecule has 3 rings (SSSR count). The summed E-state index contributed by atoms with van der Waals surface area (Å²) >= 11 is 2.34. The fraction of sp³-hybridized carbons (Fsp3) is 0.550. The van der Waals surface area contributed by atoms with Gasteiger partial charge in [0, 0.05) is 34.9 Å². The minimum atomic E-state index is -0.548. The highest BCUT2D eigenvalue weighted by Gasteiger charge is 2.57. The Morgan fingerprint density at radius 3 is 2.73 bits per heavy atom. The average molecular weight is 472 g/mol. The summed E-state index contributed by atoms with van der Waals surface area (Å²) < 4.78 is 25.0. The highest BCUT2D eigenvalue weighted by atomic mass is 127. The first-order valence-corrected chi connectivity index (χ1v) is 10.4. The van der Waals surface area contributed by atoms with Crippen molar-refractivity contribution in [3.05, 3.63) is 48.6 Å². The van der Waals surface area contributed by atoms with E-state index in [1.807, 2.05) is 36.4 Å². The van der Waals surface area contributed by atoms with E-state index in [2.05, 4.69) is 29.2 Å². The molecule has 0 amide bonds. The maximum atomic E-state index is 11.6. The first-order valence-electron chi connectivity index (χ1n) is 8.83. The summed E-state index contributed by atoms with van der Waals surface area (Å²) in [6.07, 6.45) is 2.49. The van der Waals surface area contributed by atoms with E-state index >= 15 is 0 Å². The first-order chi connectivity index (χ1) is 12.7. The number of halogens is 1. The average Bonchev–Trinajstić information content (AvgIpc) is 2.70. The van der Waals surface area contributed by atoms with Crippen LogP contribution < -0.4 is 0 Å². The normalized spacial score (nSPS) is 36.9. The lowest BCUT2D eigenvalue weighted by Crippen LogP contribution is -2.62. The Balaban J connectivity index is 1.95. The predicted octanol–water partition coefficient (Wildman–Crippen LogP) is 3.67. The van der Waals surface area contributed by atoms with Gasteiger partial charge in [-0.2, -0.15) is 0 Å². The lowest BCUT2D eigenvalue weighted by atomic mass is 9.64. The van der Waals surface area contributed by atoms with Crippen molar-refractivity contribution in [2.24, 2.45) is 11.3 Å². The number of carbonyl (C=O) groups excluding carboxylic acids is 1. The highest BCUT2D eigenvalue weighted by molar-refractivity contribution is 14.1. The summed E-state index contributed by atoms with van der Waals surface area (Å²) in [6, 6.07) is 9.82. The zero-order chi connectivity index (χ0) is 18.6. The van der Waals surface area contributed by atoms with E-state index in [-0.39, 0.29) is 18.1 Å². The van der Waals surface area contributed by atoms with Gasteiger partial charge in [-0.05, 0) is 6.42 Å². The van der Waals surface area contributed by atoms with Crippen LogP contribution in [0.5, 0.6) is 0 Å². The molecule has 0 saturated carbocycles. The molecular weight excluding hydrogens is 447 g/mol. The Morgan fingerprint density at radius 2 is 2.12 bits per heavy atom. The summed E-state index contributed by atoms with van der Waals surface area (Å²) in [5.41, 5.74) is 0.405. The zero-order valence-corrected chi connectivity index (χ0v) is 17.0. The number of fused-ring (bicyclic) bond motifs is 1. The second-order valence-corrected chi connectivity index (χ2v) is 7.76. The Bertz CT molecular complexity index is 609. The molecule has 0 aliphatic carbocycles. The predicted molar refractivity (Wildman–Crippen MR) is 106 cm³/mol. The van der Waals surface area contributed by atoms with Gasteiger partial charge in [0.05, 0.1) is 12.7 Å². The molecular formula is C20H25IO5. The van der Waals surface area contributed by atoms with Gasteiger partial charge in [-0.3, -0.25) is 0 Å². The topological polar surface area (TPSA) is 54.0 Å². The third-order valence-corrected chi connectivity index (χ3v) is 6.04. The third-order valence-electron chi connectivity index (χ3n) is 5.42. The number of methoxy groups -OCH3 is 1. The van der Waals surface area contributed by atoms with Crippen molar-refractivity contribution in [1.29, 1.82) is 0 Å².